The zero-order chi connectivity index (χ0) is 12.8. The molecule has 0 nitrogen and oxygen atoms in total. The summed E-state index contributed by atoms with van der Waals surface area (Å²) in [6.07, 6.45) is 0. The van der Waals surface area contributed by atoms with Crippen molar-refractivity contribution in [2.45, 2.75) is 31.7 Å². The number of halogens is 4. The van der Waals surface area contributed by atoms with E-state index < -0.39 is 21.4 Å². The van der Waals surface area contributed by atoms with Crippen molar-refractivity contribution < 1.29 is 17.9 Å². The first-order valence-corrected chi connectivity index (χ1v) is 6.56. The second-order valence-corrected chi connectivity index (χ2v) is 7.00. The van der Waals surface area contributed by atoms with Crippen molar-refractivity contribution in [2.75, 3.05) is 0 Å². The number of fused-ring (bicyclic) bond motifs is 1. The van der Waals surface area contributed by atoms with Crippen LogP contribution in [0.1, 0.15) is 25.6 Å². The SMILES string of the molecule is CC(C)(C)c1cc2ccccc2[s+]1C(F)(F)F.[F-]. The molecule has 0 radical (unpaired) electrons. The second kappa shape index (κ2) is 4.53. The highest BCUT2D eigenvalue weighted by atomic mass is 32.2. The smallest absolute Gasteiger partial charge is 0.600 e. The van der Waals surface area contributed by atoms with Crippen LogP contribution in [0.4, 0.5) is 13.2 Å². The van der Waals surface area contributed by atoms with Crippen LogP contribution in [0.5, 0.6) is 0 Å². The summed E-state index contributed by atoms with van der Waals surface area (Å²) >= 11 is 0. The van der Waals surface area contributed by atoms with E-state index in [-0.39, 0.29) is 4.70 Å². The van der Waals surface area contributed by atoms with Gasteiger partial charge in [0, 0.05) is 16.9 Å². The molecule has 0 aliphatic rings. The molecule has 2 aromatic rings. The number of hydrogen-bond acceptors (Lipinski definition) is 0. The van der Waals surface area contributed by atoms with Gasteiger partial charge < -0.3 is 4.70 Å². The Balaban J connectivity index is 0.00000162. The molecule has 1 aromatic heterocycles. The van der Waals surface area contributed by atoms with Crippen LogP contribution in [0.25, 0.3) is 10.1 Å². The van der Waals surface area contributed by atoms with E-state index in [1.807, 2.05) is 20.8 Å². The van der Waals surface area contributed by atoms with Gasteiger partial charge in [0.15, 0.2) is 9.58 Å². The lowest BCUT2D eigenvalue weighted by atomic mass is 9.94. The standard InChI is InChI=1S/C13H14F3S.FH/c1-12(2,3)11-8-9-6-4-5-7-10(9)17(11)13(14,15)16;/h4-8H,1-3H3;1H/q+1;/p-1. The third-order valence-electron chi connectivity index (χ3n) is 2.62. The Morgan fingerprint density at radius 1 is 1.00 bits per heavy atom. The zero-order valence-corrected chi connectivity index (χ0v) is 11.1. The van der Waals surface area contributed by atoms with E-state index in [0.29, 0.717) is 15.0 Å². The van der Waals surface area contributed by atoms with Crippen molar-refractivity contribution in [3.05, 3.63) is 35.2 Å². The molecule has 100 valence electrons. The Morgan fingerprint density at radius 3 is 2.06 bits per heavy atom. The predicted octanol–water partition coefficient (Wildman–Crippen LogP) is 2.37. The van der Waals surface area contributed by atoms with Gasteiger partial charge in [-0.25, -0.2) is 0 Å². The van der Waals surface area contributed by atoms with Crippen LogP contribution in [0.3, 0.4) is 0 Å². The lowest BCUT2D eigenvalue weighted by Gasteiger charge is -2.13. The van der Waals surface area contributed by atoms with Crippen LogP contribution in [0.15, 0.2) is 30.3 Å². The predicted molar refractivity (Wildman–Crippen MR) is 66.4 cm³/mol. The van der Waals surface area contributed by atoms with E-state index >= 15 is 0 Å². The minimum Gasteiger partial charge on any atom is -1.00 e. The molecule has 0 N–H and O–H groups in total. The fraction of sp³-hybridized carbons (Fsp3) is 0.385. The summed E-state index contributed by atoms with van der Waals surface area (Å²) in [6, 6.07) is 8.48. The maximum absolute atomic E-state index is 13.2. The summed E-state index contributed by atoms with van der Waals surface area (Å²) in [5.41, 5.74) is -4.65. The Hall–Kier alpha value is -1.10. The van der Waals surface area contributed by atoms with Crippen molar-refractivity contribution in [1.82, 2.24) is 0 Å². The molecule has 0 fully saturated rings. The highest BCUT2D eigenvalue weighted by Gasteiger charge is 2.50. The molecule has 1 heterocycles. The fourth-order valence-corrected chi connectivity index (χ4v) is 4.05. The van der Waals surface area contributed by atoms with Gasteiger partial charge in [-0.2, -0.15) is 0 Å². The highest BCUT2D eigenvalue weighted by Crippen LogP contribution is 2.53. The first kappa shape index (κ1) is 15.0. The number of alkyl halides is 3. The van der Waals surface area contributed by atoms with E-state index in [0.717, 1.165) is 0 Å². The fourth-order valence-electron chi connectivity index (χ4n) is 1.88. The minimum absolute atomic E-state index is 0. The van der Waals surface area contributed by atoms with Gasteiger partial charge in [-0.3, -0.25) is 0 Å². The number of thiophene rings is 1. The molecule has 0 bridgehead atoms. The van der Waals surface area contributed by atoms with Gasteiger partial charge in [0.05, 0.1) is 10.5 Å². The Morgan fingerprint density at radius 2 is 1.56 bits per heavy atom. The van der Waals surface area contributed by atoms with Crippen molar-refractivity contribution in [3.8, 4) is 0 Å². The quantitative estimate of drug-likeness (QED) is 0.513. The van der Waals surface area contributed by atoms with Crippen molar-refractivity contribution in [2.24, 2.45) is 0 Å². The van der Waals surface area contributed by atoms with Gasteiger partial charge in [0.2, 0.25) is 0 Å². The van der Waals surface area contributed by atoms with Gasteiger partial charge in [0.1, 0.15) is 0 Å². The first-order chi connectivity index (χ1) is 7.71. The summed E-state index contributed by atoms with van der Waals surface area (Å²) in [6.45, 7) is 5.49. The maximum Gasteiger partial charge on any atom is 0.600 e. The van der Waals surface area contributed by atoms with Gasteiger partial charge >= 0.3 is 5.51 Å². The van der Waals surface area contributed by atoms with Crippen LogP contribution in [0.2, 0.25) is 0 Å². The van der Waals surface area contributed by atoms with E-state index in [2.05, 4.69) is 0 Å². The zero-order valence-electron chi connectivity index (χ0n) is 10.3. The number of hydrogen-bond donors (Lipinski definition) is 0. The van der Waals surface area contributed by atoms with Crippen molar-refractivity contribution >= 4 is 20.6 Å². The molecule has 0 aliphatic carbocycles. The summed E-state index contributed by atoms with van der Waals surface area (Å²) in [5, 5.41) is 0.707. The number of benzene rings is 1. The second-order valence-electron chi connectivity index (χ2n) is 5.05. The number of rotatable bonds is 0. The van der Waals surface area contributed by atoms with E-state index in [9.17, 15) is 13.2 Å². The minimum atomic E-state index is -4.19. The average molecular weight is 278 g/mol. The van der Waals surface area contributed by atoms with Crippen LogP contribution >= 0.6 is 10.5 Å². The lowest BCUT2D eigenvalue weighted by molar-refractivity contribution is -0.0869. The third kappa shape index (κ3) is 2.51. The lowest BCUT2D eigenvalue weighted by Crippen LogP contribution is -3.00. The summed E-state index contributed by atoms with van der Waals surface area (Å²) in [4.78, 5) is 0.478. The van der Waals surface area contributed by atoms with Crippen molar-refractivity contribution in [3.63, 3.8) is 0 Å². The first-order valence-electron chi connectivity index (χ1n) is 5.33. The van der Waals surface area contributed by atoms with E-state index in [4.69, 9.17) is 0 Å². The van der Waals surface area contributed by atoms with Crippen LogP contribution in [0, 0.1) is 0 Å². The van der Waals surface area contributed by atoms with Crippen LogP contribution < -0.4 is 4.70 Å². The molecule has 18 heavy (non-hydrogen) atoms. The van der Waals surface area contributed by atoms with Crippen LogP contribution in [-0.2, 0) is 10.9 Å². The van der Waals surface area contributed by atoms with E-state index in [1.54, 1.807) is 30.3 Å². The molecule has 0 aliphatic heterocycles. The van der Waals surface area contributed by atoms with Gasteiger partial charge in [0.25, 0.3) is 0 Å². The normalized spacial score (nSPS) is 13.6. The van der Waals surface area contributed by atoms with Gasteiger partial charge in [-0.1, -0.05) is 32.9 Å². The third-order valence-corrected chi connectivity index (χ3v) is 5.06. The topological polar surface area (TPSA) is 0 Å². The molecular formula is C13H14F4S. The Kier molecular flexibility index (Phi) is 3.77. The molecule has 2 rings (SSSR count). The molecule has 1 atom stereocenters. The Labute approximate surface area is 106 Å². The molecule has 0 saturated heterocycles. The molecule has 0 saturated carbocycles. The molecule has 1 aromatic carbocycles. The molecule has 5 heteroatoms. The summed E-state index contributed by atoms with van der Waals surface area (Å²) in [7, 11) is -1.77. The largest absolute Gasteiger partial charge is 1.00 e. The van der Waals surface area contributed by atoms with Gasteiger partial charge in [-0.05, 0) is 12.1 Å². The molecule has 0 spiro atoms. The van der Waals surface area contributed by atoms with Gasteiger partial charge in [-0.15, -0.1) is 13.2 Å². The molecular weight excluding hydrogens is 264 g/mol. The molecule has 0 amide bonds. The highest BCUT2D eigenvalue weighted by molar-refractivity contribution is 7.38. The van der Waals surface area contributed by atoms with Crippen molar-refractivity contribution in [1.29, 1.82) is 0 Å². The summed E-state index contributed by atoms with van der Waals surface area (Å²) < 4.78 is 40.0. The Bertz CT molecular complexity index is 546. The average Bonchev–Trinajstić information content (AvgIpc) is 2.54. The molecule has 1 unspecified atom stereocenters. The van der Waals surface area contributed by atoms with Crippen LogP contribution in [-0.4, -0.2) is 0 Å². The van der Waals surface area contributed by atoms with E-state index in [1.165, 1.54) is 0 Å². The monoisotopic (exact) mass is 278 g/mol. The maximum atomic E-state index is 13.2. The summed E-state index contributed by atoms with van der Waals surface area (Å²) in [5.74, 6) is 0.